The summed E-state index contributed by atoms with van der Waals surface area (Å²) in [6.45, 7) is 6.90. The Morgan fingerprint density at radius 2 is 1.79 bits per heavy atom. The summed E-state index contributed by atoms with van der Waals surface area (Å²) in [6.07, 6.45) is 16.4. The number of unbranched alkanes of at least 4 members (excludes halogenated alkanes) is 4. The zero-order valence-electron chi connectivity index (χ0n) is 21.4. The van der Waals surface area contributed by atoms with Gasteiger partial charge in [-0.1, -0.05) is 89.7 Å². The Morgan fingerprint density at radius 1 is 1.09 bits per heavy atom. The zero-order chi connectivity index (χ0) is 24.8. The lowest BCUT2D eigenvalue weighted by molar-refractivity contribution is -0.140. The molecule has 4 nitrogen and oxygen atoms in total. The molecule has 2 rings (SSSR count). The normalized spacial score (nSPS) is 16.8. The lowest BCUT2D eigenvalue weighted by Crippen LogP contribution is -2.17. The van der Waals surface area contributed by atoms with Gasteiger partial charge in [0.1, 0.15) is 17.4 Å². The molecule has 1 aliphatic carbocycles. The van der Waals surface area contributed by atoms with Crippen LogP contribution in [0.15, 0.2) is 53.6 Å². The molecular formula is C30H41NO3. The van der Waals surface area contributed by atoms with Crippen molar-refractivity contribution in [1.82, 2.24) is 0 Å². The predicted molar refractivity (Wildman–Crippen MR) is 139 cm³/mol. The first kappa shape index (κ1) is 27.4. The van der Waals surface area contributed by atoms with Crippen LogP contribution in [-0.4, -0.2) is 19.7 Å². The lowest BCUT2D eigenvalue weighted by atomic mass is 9.87. The van der Waals surface area contributed by atoms with Gasteiger partial charge in [-0.15, -0.1) is 0 Å². The fourth-order valence-corrected chi connectivity index (χ4v) is 4.35. The maximum absolute atomic E-state index is 13.2. The fourth-order valence-electron chi connectivity index (χ4n) is 4.35. The number of nitriles is 1. The minimum Gasteiger partial charge on any atom is -0.497 e. The minimum absolute atomic E-state index is 0.0652. The highest BCUT2D eigenvalue weighted by Gasteiger charge is 2.23. The van der Waals surface area contributed by atoms with Gasteiger partial charge in [0.05, 0.1) is 13.7 Å². The Morgan fingerprint density at radius 3 is 2.41 bits per heavy atom. The monoisotopic (exact) mass is 463 g/mol. The minimum atomic E-state index is -0.532. The van der Waals surface area contributed by atoms with Crippen LogP contribution in [0, 0.1) is 23.2 Å². The molecule has 0 spiro atoms. The summed E-state index contributed by atoms with van der Waals surface area (Å²) in [5, 5.41) is 10.0. The number of carbonyl (C=O) groups excluding carboxylic acids is 1. The van der Waals surface area contributed by atoms with E-state index < -0.39 is 5.97 Å². The Labute approximate surface area is 206 Å². The second kappa shape index (κ2) is 15.2. The molecule has 4 heteroatoms. The highest BCUT2D eigenvalue weighted by Crippen LogP contribution is 2.33. The summed E-state index contributed by atoms with van der Waals surface area (Å²) in [7, 11) is 1.62. The van der Waals surface area contributed by atoms with Gasteiger partial charge in [-0.25, -0.2) is 4.79 Å². The number of hydrogen-bond acceptors (Lipinski definition) is 4. The summed E-state index contributed by atoms with van der Waals surface area (Å²) in [5.41, 5.74) is 2.39. The van der Waals surface area contributed by atoms with E-state index in [1.807, 2.05) is 30.3 Å². The standard InChI is InChI=1S/C30H41NO3/c1-5-7-9-10-14-24(13-8-6-2)22-34-30(32)28(21-31)29(26-15-11-12-23(3)20-26)25-16-18-27(33-4)19-17-25/h11,15-20,23-24H,5-10,12-14,22H2,1-4H3. The van der Waals surface area contributed by atoms with Crippen LogP contribution in [0.5, 0.6) is 5.75 Å². The molecule has 1 aromatic rings. The van der Waals surface area contributed by atoms with Crippen LogP contribution in [0.4, 0.5) is 0 Å². The van der Waals surface area contributed by atoms with Crippen molar-refractivity contribution in [1.29, 1.82) is 5.26 Å². The molecule has 0 aromatic heterocycles. The Bertz CT molecular complexity index is 902. The van der Waals surface area contributed by atoms with Crippen molar-refractivity contribution in [3.63, 3.8) is 0 Å². The number of carbonyl (C=O) groups is 1. The van der Waals surface area contributed by atoms with E-state index in [1.165, 1.54) is 19.3 Å². The van der Waals surface area contributed by atoms with Crippen LogP contribution in [0.25, 0.3) is 5.57 Å². The number of allylic oxidation sites excluding steroid dienone is 5. The van der Waals surface area contributed by atoms with Crippen LogP contribution < -0.4 is 4.74 Å². The van der Waals surface area contributed by atoms with Gasteiger partial charge in [-0.2, -0.15) is 5.26 Å². The van der Waals surface area contributed by atoms with E-state index in [1.54, 1.807) is 7.11 Å². The predicted octanol–water partition coefficient (Wildman–Crippen LogP) is 7.81. The number of hydrogen-bond donors (Lipinski definition) is 0. The second-order valence-electron chi connectivity index (χ2n) is 9.28. The van der Waals surface area contributed by atoms with Gasteiger partial charge in [0.2, 0.25) is 0 Å². The molecule has 2 atom stereocenters. The van der Waals surface area contributed by atoms with Crippen LogP contribution >= 0.6 is 0 Å². The molecular weight excluding hydrogens is 422 g/mol. The van der Waals surface area contributed by atoms with E-state index >= 15 is 0 Å². The van der Waals surface area contributed by atoms with E-state index in [-0.39, 0.29) is 5.57 Å². The molecule has 2 unspecified atom stereocenters. The highest BCUT2D eigenvalue weighted by molar-refractivity contribution is 6.06. The van der Waals surface area contributed by atoms with Gasteiger partial charge in [0, 0.05) is 5.57 Å². The van der Waals surface area contributed by atoms with Crippen molar-refractivity contribution in [3.05, 3.63) is 59.2 Å². The summed E-state index contributed by atoms with van der Waals surface area (Å²) >= 11 is 0. The molecule has 0 saturated heterocycles. The van der Waals surface area contributed by atoms with E-state index in [0.29, 0.717) is 24.0 Å². The van der Waals surface area contributed by atoms with Crippen LogP contribution in [-0.2, 0) is 9.53 Å². The number of esters is 1. The number of methoxy groups -OCH3 is 1. The largest absolute Gasteiger partial charge is 0.497 e. The van der Waals surface area contributed by atoms with Gasteiger partial charge in [-0.05, 0) is 54.4 Å². The average molecular weight is 464 g/mol. The first-order chi connectivity index (χ1) is 16.5. The molecule has 0 bridgehead atoms. The van der Waals surface area contributed by atoms with Crippen LogP contribution in [0.2, 0.25) is 0 Å². The smallest absolute Gasteiger partial charge is 0.349 e. The fraction of sp³-hybridized carbons (Fsp3) is 0.533. The lowest BCUT2D eigenvalue weighted by Gasteiger charge is -2.19. The van der Waals surface area contributed by atoms with Crippen molar-refractivity contribution >= 4 is 11.5 Å². The zero-order valence-corrected chi connectivity index (χ0v) is 21.4. The molecule has 1 aromatic carbocycles. The second-order valence-corrected chi connectivity index (χ2v) is 9.28. The molecule has 0 fully saturated rings. The van der Waals surface area contributed by atoms with E-state index in [2.05, 4.69) is 39.0 Å². The summed E-state index contributed by atoms with van der Waals surface area (Å²) < 4.78 is 11.1. The van der Waals surface area contributed by atoms with Gasteiger partial charge in [-0.3, -0.25) is 0 Å². The molecule has 0 aliphatic heterocycles. The van der Waals surface area contributed by atoms with Crippen molar-refractivity contribution in [2.45, 2.75) is 78.6 Å². The van der Waals surface area contributed by atoms with Crippen molar-refractivity contribution < 1.29 is 14.3 Å². The first-order valence-corrected chi connectivity index (χ1v) is 12.9. The van der Waals surface area contributed by atoms with E-state index in [9.17, 15) is 10.1 Å². The van der Waals surface area contributed by atoms with Gasteiger partial charge < -0.3 is 9.47 Å². The molecule has 0 N–H and O–H groups in total. The van der Waals surface area contributed by atoms with E-state index in [4.69, 9.17) is 9.47 Å². The maximum atomic E-state index is 13.2. The Hall–Kier alpha value is -2.80. The third kappa shape index (κ3) is 8.52. The first-order valence-electron chi connectivity index (χ1n) is 12.9. The number of rotatable bonds is 14. The Kier molecular flexibility index (Phi) is 12.2. The summed E-state index contributed by atoms with van der Waals surface area (Å²) in [6, 6.07) is 9.65. The molecule has 0 saturated carbocycles. The van der Waals surface area contributed by atoms with E-state index in [0.717, 1.165) is 55.4 Å². The number of benzene rings is 1. The summed E-state index contributed by atoms with van der Waals surface area (Å²) in [5.74, 6) is 0.883. The highest BCUT2D eigenvalue weighted by atomic mass is 16.5. The van der Waals surface area contributed by atoms with Crippen LogP contribution in [0.3, 0.4) is 0 Å². The average Bonchev–Trinajstić information content (AvgIpc) is 2.86. The molecule has 0 radical (unpaired) electrons. The van der Waals surface area contributed by atoms with Crippen molar-refractivity contribution in [3.8, 4) is 11.8 Å². The molecule has 1 aliphatic rings. The topological polar surface area (TPSA) is 59.3 Å². The van der Waals surface area contributed by atoms with Crippen molar-refractivity contribution in [2.75, 3.05) is 13.7 Å². The maximum Gasteiger partial charge on any atom is 0.349 e. The third-order valence-corrected chi connectivity index (χ3v) is 6.38. The SMILES string of the molecule is CCCCCCC(CCCC)COC(=O)C(C#N)=C(C1=CC(C)CC=C1)c1ccc(OC)cc1. The quantitative estimate of drug-likeness (QED) is 0.122. The summed E-state index contributed by atoms with van der Waals surface area (Å²) in [4.78, 5) is 13.2. The van der Waals surface area contributed by atoms with Gasteiger partial charge in [0.25, 0.3) is 0 Å². The van der Waals surface area contributed by atoms with Gasteiger partial charge >= 0.3 is 5.97 Å². The number of ether oxygens (including phenoxy) is 2. The van der Waals surface area contributed by atoms with Gasteiger partial charge in [0.15, 0.2) is 0 Å². The number of nitrogens with zero attached hydrogens (tertiary/aromatic N) is 1. The third-order valence-electron chi connectivity index (χ3n) is 6.38. The molecule has 0 heterocycles. The Balaban J connectivity index is 2.29. The van der Waals surface area contributed by atoms with Crippen molar-refractivity contribution in [2.24, 2.45) is 11.8 Å². The molecule has 0 amide bonds. The van der Waals surface area contributed by atoms with Crippen LogP contribution in [0.1, 0.15) is 84.1 Å². The molecule has 184 valence electrons. The molecule has 34 heavy (non-hydrogen) atoms.